The molecule has 1 aliphatic heterocycles. The van der Waals surface area contributed by atoms with Crippen LogP contribution in [0.2, 0.25) is 0 Å². The van der Waals surface area contributed by atoms with E-state index in [-0.39, 0.29) is 35.4 Å². The number of halogens is 2. The summed E-state index contributed by atoms with van der Waals surface area (Å²) < 4.78 is 34.7. The van der Waals surface area contributed by atoms with E-state index < -0.39 is 45.5 Å². The van der Waals surface area contributed by atoms with Gasteiger partial charge in [0, 0.05) is 42.6 Å². The standard InChI is InChI=1S/C25H29F2N3O5S/c1-35-20-6-5-15-19(29-20)7-8-30(25(34)16-9-13(16)10-21(31)32)22(15)24(33)28-14-11-17(26)23(18(27)12-14)36(2,3)4/h5-6,11-13,16,22H,7-10H2,1-4H3,(H,28,33)(H,31,32)/t13-,16+,22?/m0/s1. The summed E-state index contributed by atoms with van der Waals surface area (Å²) in [7, 11) is -0.219. The van der Waals surface area contributed by atoms with Crippen molar-refractivity contribution >= 4 is 33.5 Å². The number of anilines is 1. The number of fused-ring (bicyclic) bond motifs is 1. The third-order valence-corrected chi connectivity index (χ3v) is 8.09. The van der Waals surface area contributed by atoms with Crippen LogP contribution in [0.1, 0.15) is 30.1 Å². The zero-order valence-corrected chi connectivity index (χ0v) is 21.3. The first kappa shape index (κ1) is 25.9. The minimum absolute atomic E-state index is 0.00480. The van der Waals surface area contributed by atoms with E-state index in [0.717, 1.165) is 12.1 Å². The van der Waals surface area contributed by atoms with Crippen molar-refractivity contribution in [2.24, 2.45) is 11.8 Å². The third-order valence-electron chi connectivity index (χ3n) is 6.47. The molecule has 2 heterocycles. The number of hydrogen-bond donors (Lipinski definition) is 2. The van der Waals surface area contributed by atoms with Crippen molar-refractivity contribution in [2.75, 3.05) is 37.7 Å². The smallest absolute Gasteiger partial charge is 0.303 e. The van der Waals surface area contributed by atoms with Crippen molar-refractivity contribution in [3.05, 3.63) is 47.2 Å². The van der Waals surface area contributed by atoms with Gasteiger partial charge >= 0.3 is 5.97 Å². The number of pyridine rings is 1. The van der Waals surface area contributed by atoms with Gasteiger partial charge in [-0.05, 0) is 49.3 Å². The molecule has 0 bridgehead atoms. The summed E-state index contributed by atoms with van der Waals surface area (Å²) in [6.07, 6.45) is 6.02. The molecule has 2 aromatic rings. The normalized spacial score (nSPS) is 21.4. The fraction of sp³-hybridized carbons (Fsp3) is 0.440. The Morgan fingerprint density at radius 2 is 1.86 bits per heavy atom. The molecular weight excluding hydrogens is 492 g/mol. The van der Waals surface area contributed by atoms with Gasteiger partial charge in [-0.3, -0.25) is 14.4 Å². The molecule has 36 heavy (non-hydrogen) atoms. The number of carbonyl (C=O) groups excluding carboxylic acids is 2. The first-order valence-corrected chi connectivity index (χ1v) is 14.3. The van der Waals surface area contributed by atoms with Gasteiger partial charge in [0.15, 0.2) is 0 Å². The van der Waals surface area contributed by atoms with Crippen molar-refractivity contribution in [3.63, 3.8) is 0 Å². The molecule has 1 fully saturated rings. The van der Waals surface area contributed by atoms with Gasteiger partial charge in [-0.15, -0.1) is 0 Å². The number of rotatable bonds is 7. The SMILES string of the molecule is COc1ccc2c(n1)CCN(C(=O)[C@@H]1C[C@H]1CC(=O)O)C2C(=O)Nc1cc(F)c(S(C)(C)C)c(F)c1. The van der Waals surface area contributed by atoms with Crippen molar-refractivity contribution in [1.29, 1.82) is 0 Å². The summed E-state index contributed by atoms with van der Waals surface area (Å²) in [5.41, 5.74) is 1.01. The highest BCUT2D eigenvalue weighted by Gasteiger charge is 2.49. The molecule has 0 spiro atoms. The number of aromatic nitrogens is 1. The van der Waals surface area contributed by atoms with Crippen LogP contribution in [0.3, 0.4) is 0 Å². The molecule has 1 aromatic carbocycles. The minimum atomic E-state index is -1.69. The van der Waals surface area contributed by atoms with Crippen molar-refractivity contribution < 1.29 is 33.0 Å². The lowest BCUT2D eigenvalue weighted by Crippen LogP contribution is -2.46. The number of aliphatic carboxylic acids is 1. The van der Waals surface area contributed by atoms with Gasteiger partial charge in [0.05, 0.1) is 17.7 Å². The van der Waals surface area contributed by atoms with Gasteiger partial charge in [0.25, 0.3) is 5.91 Å². The largest absolute Gasteiger partial charge is 0.481 e. The molecule has 1 saturated carbocycles. The molecule has 3 atom stereocenters. The Kier molecular flexibility index (Phi) is 6.96. The second-order valence-electron chi connectivity index (χ2n) is 9.87. The second kappa shape index (κ2) is 9.68. The number of carbonyl (C=O) groups is 3. The van der Waals surface area contributed by atoms with Crippen LogP contribution in [0.25, 0.3) is 0 Å². The second-order valence-corrected chi connectivity index (χ2v) is 14.0. The first-order valence-electron chi connectivity index (χ1n) is 11.4. The molecular formula is C25H29F2N3O5S. The van der Waals surface area contributed by atoms with Gasteiger partial charge in [-0.1, -0.05) is 0 Å². The number of ether oxygens (including phenoxy) is 1. The maximum absolute atomic E-state index is 14.8. The van der Waals surface area contributed by atoms with Gasteiger partial charge in [-0.25, -0.2) is 23.8 Å². The monoisotopic (exact) mass is 521 g/mol. The maximum Gasteiger partial charge on any atom is 0.303 e. The molecule has 2 aliphatic rings. The highest BCUT2D eigenvalue weighted by atomic mass is 32.3. The van der Waals surface area contributed by atoms with Crippen LogP contribution in [0, 0.1) is 23.5 Å². The van der Waals surface area contributed by atoms with Crippen LogP contribution in [0.4, 0.5) is 14.5 Å². The molecule has 2 amide bonds. The van der Waals surface area contributed by atoms with Gasteiger partial charge in [0.1, 0.15) is 17.7 Å². The molecule has 4 rings (SSSR count). The first-order chi connectivity index (χ1) is 16.9. The van der Waals surface area contributed by atoms with Gasteiger partial charge in [0.2, 0.25) is 11.8 Å². The highest BCUT2D eigenvalue weighted by Crippen LogP contribution is 2.49. The quantitative estimate of drug-likeness (QED) is 0.577. The number of benzene rings is 1. The molecule has 0 radical (unpaired) electrons. The van der Waals surface area contributed by atoms with E-state index in [4.69, 9.17) is 9.84 Å². The third kappa shape index (κ3) is 5.16. The molecule has 0 saturated heterocycles. The van der Waals surface area contributed by atoms with Crippen LogP contribution in [0.15, 0.2) is 29.2 Å². The van der Waals surface area contributed by atoms with Crippen LogP contribution in [-0.2, 0) is 20.8 Å². The van der Waals surface area contributed by atoms with Crippen molar-refractivity contribution in [2.45, 2.75) is 30.2 Å². The summed E-state index contributed by atoms with van der Waals surface area (Å²) in [5, 5.41) is 11.6. The Morgan fingerprint density at radius 1 is 1.19 bits per heavy atom. The fourth-order valence-corrected chi connectivity index (χ4v) is 6.03. The molecule has 1 aromatic heterocycles. The van der Waals surface area contributed by atoms with Crippen molar-refractivity contribution in [3.8, 4) is 5.88 Å². The molecule has 2 N–H and O–H groups in total. The Hall–Kier alpha value is -3.21. The molecule has 1 unspecified atom stereocenters. The number of hydrogen-bond acceptors (Lipinski definition) is 5. The zero-order chi connectivity index (χ0) is 26.4. The average molecular weight is 522 g/mol. The number of carboxylic acids is 1. The van der Waals surface area contributed by atoms with Crippen LogP contribution in [0.5, 0.6) is 5.88 Å². The Balaban J connectivity index is 1.65. The predicted octanol–water partition coefficient (Wildman–Crippen LogP) is 3.60. The number of methoxy groups -OCH3 is 1. The van der Waals surface area contributed by atoms with E-state index >= 15 is 0 Å². The molecule has 1 aliphatic carbocycles. The van der Waals surface area contributed by atoms with E-state index in [2.05, 4.69) is 10.3 Å². The zero-order valence-electron chi connectivity index (χ0n) is 20.5. The lowest BCUT2D eigenvalue weighted by Gasteiger charge is -2.36. The lowest BCUT2D eigenvalue weighted by molar-refractivity contribution is -0.141. The number of nitrogens with one attached hydrogen (secondary N) is 1. The molecule has 11 heteroatoms. The van der Waals surface area contributed by atoms with E-state index in [0.29, 0.717) is 30.0 Å². The van der Waals surface area contributed by atoms with Crippen LogP contribution in [-0.4, -0.2) is 65.2 Å². The summed E-state index contributed by atoms with van der Waals surface area (Å²) in [6, 6.07) is 4.31. The van der Waals surface area contributed by atoms with Gasteiger partial charge in [-0.2, -0.15) is 0 Å². The Labute approximate surface area is 209 Å². The maximum atomic E-state index is 14.8. The van der Waals surface area contributed by atoms with Crippen molar-refractivity contribution in [1.82, 2.24) is 9.88 Å². The fourth-order valence-electron chi connectivity index (χ4n) is 4.74. The minimum Gasteiger partial charge on any atom is -0.481 e. The number of carboxylic acid groups (broad SMARTS) is 1. The summed E-state index contributed by atoms with van der Waals surface area (Å²) in [6.45, 7) is 0.190. The summed E-state index contributed by atoms with van der Waals surface area (Å²) in [4.78, 5) is 43.7. The van der Waals surface area contributed by atoms with E-state index in [1.54, 1.807) is 30.9 Å². The Morgan fingerprint density at radius 3 is 2.44 bits per heavy atom. The Bertz CT molecular complexity index is 1210. The molecule has 8 nitrogen and oxygen atoms in total. The van der Waals surface area contributed by atoms with Crippen LogP contribution >= 0.6 is 10.0 Å². The summed E-state index contributed by atoms with van der Waals surface area (Å²) in [5.74, 6) is -3.81. The predicted molar refractivity (Wildman–Crippen MR) is 131 cm³/mol. The lowest BCUT2D eigenvalue weighted by atomic mass is 9.95. The summed E-state index contributed by atoms with van der Waals surface area (Å²) >= 11 is 0. The highest BCUT2D eigenvalue weighted by molar-refractivity contribution is 8.32. The van der Waals surface area contributed by atoms with E-state index in [9.17, 15) is 23.2 Å². The number of nitrogens with zero attached hydrogens (tertiary/aromatic N) is 2. The molecule has 194 valence electrons. The van der Waals surface area contributed by atoms with Crippen LogP contribution < -0.4 is 10.1 Å². The van der Waals surface area contributed by atoms with E-state index in [1.165, 1.54) is 12.0 Å². The average Bonchev–Trinajstić information content (AvgIpc) is 3.54. The number of amides is 2. The van der Waals surface area contributed by atoms with Gasteiger partial charge < -0.3 is 20.1 Å². The van der Waals surface area contributed by atoms with E-state index in [1.807, 2.05) is 0 Å². The topological polar surface area (TPSA) is 109 Å².